The highest BCUT2D eigenvalue weighted by Crippen LogP contribution is 2.28. The maximum atomic E-state index is 11.8. The Labute approximate surface area is 107 Å². The molecule has 1 saturated carbocycles. The van der Waals surface area contributed by atoms with E-state index >= 15 is 0 Å². The molecule has 98 valence electrons. The number of nitrogens with one attached hydrogen (secondary N) is 1. The zero-order chi connectivity index (χ0) is 12.8. The molecule has 1 amide bonds. The molecule has 1 aliphatic rings. The van der Waals surface area contributed by atoms with Gasteiger partial charge >= 0.3 is 0 Å². The molecule has 0 bridgehead atoms. The van der Waals surface area contributed by atoms with Crippen LogP contribution in [0.25, 0.3) is 0 Å². The molecule has 2 N–H and O–H groups in total. The molecule has 0 aliphatic heterocycles. The highest BCUT2D eigenvalue weighted by molar-refractivity contribution is 5.96. The summed E-state index contributed by atoms with van der Waals surface area (Å²) in [5, 5.41) is 12.3. The van der Waals surface area contributed by atoms with Gasteiger partial charge in [0.2, 0.25) is 0 Å². The van der Waals surface area contributed by atoms with Crippen molar-refractivity contribution in [3.8, 4) is 5.75 Å². The number of hydrogen-bond acceptors (Lipinski definition) is 3. The molecule has 1 aliphatic carbocycles. The molecular weight excluding hydrogens is 228 g/mol. The highest BCUT2D eigenvalue weighted by atomic mass is 16.3. The first-order chi connectivity index (χ1) is 8.77. The van der Waals surface area contributed by atoms with Crippen LogP contribution in [-0.2, 0) is 0 Å². The Kier molecular flexibility index (Phi) is 4.56. The third-order valence-electron chi connectivity index (χ3n) is 3.59. The lowest BCUT2D eigenvalue weighted by atomic mass is 10.0. The molecule has 0 saturated heterocycles. The zero-order valence-corrected chi connectivity index (χ0v) is 10.6. The van der Waals surface area contributed by atoms with Crippen molar-refractivity contribution in [2.45, 2.75) is 38.5 Å². The van der Waals surface area contributed by atoms with Crippen molar-refractivity contribution in [2.24, 2.45) is 5.92 Å². The van der Waals surface area contributed by atoms with Crippen LogP contribution < -0.4 is 5.32 Å². The normalized spacial score (nSPS) is 15.8. The summed E-state index contributed by atoms with van der Waals surface area (Å²) < 4.78 is 0. The second-order valence-electron chi connectivity index (χ2n) is 4.94. The van der Waals surface area contributed by atoms with E-state index in [-0.39, 0.29) is 11.7 Å². The van der Waals surface area contributed by atoms with Crippen LogP contribution in [0, 0.1) is 5.92 Å². The van der Waals surface area contributed by atoms with Gasteiger partial charge in [0.15, 0.2) is 0 Å². The van der Waals surface area contributed by atoms with Gasteiger partial charge < -0.3 is 10.4 Å². The van der Waals surface area contributed by atoms with Gasteiger partial charge in [0.05, 0.1) is 11.8 Å². The van der Waals surface area contributed by atoms with Crippen LogP contribution in [0.5, 0.6) is 5.75 Å². The number of nitrogens with zero attached hydrogens (tertiary/aromatic N) is 1. The molecule has 1 heterocycles. The lowest BCUT2D eigenvalue weighted by Crippen LogP contribution is -2.24. The van der Waals surface area contributed by atoms with E-state index in [4.69, 9.17) is 0 Å². The molecule has 1 aromatic heterocycles. The number of rotatable bonds is 5. The first kappa shape index (κ1) is 12.9. The van der Waals surface area contributed by atoms with Gasteiger partial charge in [0.1, 0.15) is 5.75 Å². The van der Waals surface area contributed by atoms with E-state index in [0.29, 0.717) is 12.1 Å². The van der Waals surface area contributed by atoms with Crippen molar-refractivity contribution in [3.05, 3.63) is 24.0 Å². The summed E-state index contributed by atoms with van der Waals surface area (Å²) >= 11 is 0. The Hall–Kier alpha value is -1.58. The molecule has 1 aromatic rings. The number of carbonyl (C=O) groups is 1. The van der Waals surface area contributed by atoms with Gasteiger partial charge in [-0.25, -0.2) is 0 Å². The van der Waals surface area contributed by atoms with E-state index in [0.717, 1.165) is 12.3 Å². The first-order valence-corrected chi connectivity index (χ1v) is 6.68. The Morgan fingerprint density at radius 1 is 1.44 bits per heavy atom. The van der Waals surface area contributed by atoms with Crippen molar-refractivity contribution >= 4 is 5.91 Å². The van der Waals surface area contributed by atoms with E-state index in [1.54, 1.807) is 0 Å². The molecule has 0 unspecified atom stereocenters. The Morgan fingerprint density at radius 2 is 2.22 bits per heavy atom. The maximum Gasteiger partial charge on any atom is 0.255 e. The van der Waals surface area contributed by atoms with Gasteiger partial charge in [-0.05, 0) is 24.8 Å². The van der Waals surface area contributed by atoms with Gasteiger partial charge in [-0.15, -0.1) is 0 Å². The topological polar surface area (TPSA) is 62.2 Å². The van der Waals surface area contributed by atoms with Gasteiger partial charge in [-0.2, -0.15) is 0 Å². The van der Waals surface area contributed by atoms with Gasteiger partial charge in [0, 0.05) is 12.7 Å². The fourth-order valence-electron chi connectivity index (χ4n) is 2.57. The number of hydrogen-bond donors (Lipinski definition) is 2. The SMILES string of the molecule is O=C(NCCCC1CCCC1)c1ccncc1O. The first-order valence-electron chi connectivity index (χ1n) is 6.68. The lowest BCUT2D eigenvalue weighted by Gasteiger charge is -2.09. The van der Waals surface area contributed by atoms with Crippen LogP contribution in [0.15, 0.2) is 18.5 Å². The van der Waals surface area contributed by atoms with Crippen molar-refractivity contribution in [1.29, 1.82) is 0 Å². The van der Waals surface area contributed by atoms with E-state index in [2.05, 4.69) is 10.3 Å². The van der Waals surface area contributed by atoms with Gasteiger partial charge in [0.25, 0.3) is 5.91 Å². The molecule has 0 aromatic carbocycles. The number of aromatic nitrogens is 1. The second kappa shape index (κ2) is 6.38. The molecule has 4 nitrogen and oxygen atoms in total. The molecule has 2 rings (SSSR count). The summed E-state index contributed by atoms with van der Waals surface area (Å²) in [7, 11) is 0. The molecular formula is C14H20N2O2. The van der Waals surface area contributed by atoms with Gasteiger partial charge in [-0.1, -0.05) is 25.7 Å². The average molecular weight is 248 g/mol. The molecule has 0 atom stereocenters. The van der Waals surface area contributed by atoms with Crippen molar-refractivity contribution < 1.29 is 9.90 Å². The quantitative estimate of drug-likeness (QED) is 0.787. The summed E-state index contributed by atoms with van der Waals surface area (Å²) in [5.41, 5.74) is 0.297. The Morgan fingerprint density at radius 3 is 2.94 bits per heavy atom. The predicted octanol–water partition coefficient (Wildman–Crippen LogP) is 2.49. The number of amides is 1. The summed E-state index contributed by atoms with van der Waals surface area (Å²) in [5.74, 6) is 0.573. The van der Waals surface area contributed by atoms with Gasteiger partial charge in [-0.3, -0.25) is 9.78 Å². The third kappa shape index (κ3) is 3.45. The molecule has 0 spiro atoms. The molecule has 0 radical (unpaired) electrons. The minimum absolute atomic E-state index is 0.0641. The highest BCUT2D eigenvalue weighted by Gasteiger charge is 2.14. The van der Waals surface area contributed by atoms with Crippen LogP contribution in [0.3, 0.4) is 0 Å². The van der Waals surface area contributed by atoms with Crippen molar-refractivity contribution in [1.82, 2.24) is 10.3 Å². The van der Waals surface area contributed by atoms with Crippen LogP contribution in [-0.4, -0.2) is 22.5 Å². The standard InChI is InChI=1S/C14H20N2O2/c17-13-10-15-9-7-12(13)14(18)16-8-3-6-11-4-1-2-5-11/h7,9-11,17H,1-6,8H2,(H,16,18). The van der Waals surface area contributed by atoms with Crippen LogP contribution in [0.4, 0.5) is 0 Å². The minimum Gasteiger partial charge on any atom is -0.505 e. The number of pyridine rings is 1. The Balaban J connectivity index is 1.70. The summed E-state index contributed by atoms with van der Waals surface area (Å²) in [6.07, 6.45) is 10.4. The smallest absolute Gasteiger partial charge is 0.255 e. The molecule has 1 fully saturated rings. The van der Waals surface area contributed by atoms with E-state index in [9.17, 15) is 9.90 Å². The largest absolute Gasteiger partial charge is 0.505 e. The average Bonchev–Trinajstić information content (AvgIpc) is 2.88. The second-order valence-corrected chi connectivity index (χ2v) is 4.94. The van der Waals surface area contributed by atoms with Crippen LogP contribution in [0.1, 0.15) is 48.9 Å². The fourth-order valence-corrected chi connectivity index (χ4v) is 2.57. The monoisotopic (exact) mass is 248 g/mol. The lowest BCUT2D eigenvalue weighted by molar-refractivity contribution is 0.0949. The van der Waals surface area contributed by atoms with Crippen molar-refractivity contribution in [2.75, 3.05) is 6.54 Å². The van der Waals surface area contributed by atoms with E-state index < -0.39 is 0 Å². The number of aromatic hydroxyl groups is 1. The minimum atomic E-state index is -0.221. The third-order valence-corrected chi connectivity index (χ3v) is 3.59. The fraction of sp³-hybridized carbons (Fsp3) is 0.571. The molecule has 4 heteroatoms. The number of carbonyl (C=O) groups excluding carboxylic acids is 1. The maximum absolute atomic E-state index is 11.8. The van der Waals surface area contributed by atoms with E-state index in [1.165, 1.54) is 50.6 Å². The van der Waals surface area contributed by atoms with Crippen LogP contribution in [0.2, 0.25) is 0 Å². The predicted molar refractivity (Wildman–Crippen MR) is 69.4 cm³/mol. The summed E-state index contributed by atoms with van der Waals surface area (Å²) in [6, 6.07) is 1.53. The molecule has 18 heavy (non-hydrogen) atoms. The summed E-state index contributed by atoms with van der Waals surface area (Å²) in [6.45, 7) is 0.678. The Bertz CT molecular complexity index is 401. The van der Waals surface area contributed by atoms with E-state index in [1.807, 2.05) is 0 Å². The van der Waals surface area contributed by atoms with Crippen LogP contribution >= 0.6 is 0 Å². The zero-order valence-electron chi connectivity index (χ0n) is 10.6. The van der Waals surface area contributed by atoms with Crippen molar-refractivity contribution in [3.63, 3.8) is 0 Å². The summed E-state index contributed by atoms with van der Waals surface area (Å²) in [4.78, 5) is 15.5.